The fourth-order valence-corrected chi connectivity index (χ4v) is 9.65. The minimum Gasteiger partial charge on any atom is -0.0622 e. The minimum atomic E-state index is -0.111. The normalized spacial score (nSPS) is 13.1. The van der Waals surface area contributed by atoms with Crippen molar-refractivity contribution in [1.29, 1.82) is 0 Å². The zero-order valence-electron chi connectivity index (χ0n) is 31.0. The number of benzene rings is 10. The first-order valence-corrected chi connectivity index (χ1v) is 19.4. The van der Waals surface area contributed by atoms with Crippen LogP contribution in [0.3, 0.4) is 0 Å². The van der Waals surface area contributed by atoms with Gasteiger partial charge in [-0.05, 0) is 134 Å². The van der Waals surface area contributed by atoms with E-state index >= 15 is 0 Å². The summed E-state index contributed by atoms with van der Waals surface area (Å²) in [4.78, 5) is 0. The second-order valence-corrected chi connectivity index (χ2v) is 15.6. The number of hydrogen-bond acceptors (Lipinski definition) is 0. The molecule has 258 valence electrons. The van der Waals surface area contributed by atoms with E-state index in [0.717, 1.165) is 0 Å². The lowest BCUT2D eigenvalue weighted by Gasteiger charge is -2.24. The van der Waals surface area contributed by atoms with E-state index in [1.165, 1.54) is 110 Å². The summed E-state index contributed by atoms with van der Waals surface area (Å²) >= 11 is 0. The molecule has 0 atom stereocenters. The Morgan fingerprint density at radius 3 is 1.35 bits per heavy atom. The Balaban J connectivity index is 1.19. The Morgan fingerprint density at radius 2 is 0.745 bits per heavy atom. The second kappa shape index (κ2) is 12.1. The molecule has 0 aliphatic heterocycles. The Hall–Kier alpha value is -6.76. The van der Waals surface area contributed by atoms with E-state index in [1.54, 1.807) is 0 Å². The largest absolute Gasteiger partial charge is 0.0622 e. The van der Waals surface area contributed by atoms with Gasteiger partial charge in [-0.3, -0.25) is 0 Å². The summed E-state index contributed by atoms with van der Waals surface area (Å²) in [5.41, 5.74) is 15.5. The molecule has 0 aromatic heterocycles. The molecular formula is C55H38. The van der Waals surface area contributed by atoms with Crippen LogP contribution in [0.4, 0.5) is 0 Å². The summed E-state index contributed by atoms with van der Waals surface area (Å²) in [6.07, 6.45) is 0. The standard InChI is InChI=1S/C55H38/c1-55(2)50-28-16-15-27-46(50)54-41-22-10-9-21-40(41)49(34-51(54)55)53-44-25-13-11-23-42(44)52(43-24-12-14-26-45(43)53)38-30-29-37-32-47(35-17-5-3-6-18-35)48(33-39(37)31-38)36-19-7-4-8-20-36/h3-34H,1-2H3. The van der Waals surface area contributed by atoms with Gasteiger partial charge in [0.05, 0.1) is 0 Å². The lowest BCUT2D eigenvalue weighted by Crippen LogP contribution is -2.15. The van der Waals surface area contributed by atoms with Gasteiger partial charge in [0, 0.05) is 5.41 Å². The average molecular weight is 699 g/mol. The summed E-state index contributed by atoms with van der Waals surface area (Å²) in [7, 11) is 0. The highest BCUT2D eigenvalue weighted by molar-refractivity contribution is 6.25. The molecule has 0 saturated carbocycles. The van der Waals surface area contributed by atoms with Crippen LogP contribution < -0.4 is 0 Å². The average Bonchev–Trinajstić information content (AvgIpc) is 3.48. The highest BCUT2D eigenvalue weighted by Crippen LogP contribution is 2.55. The first-order chi connectivity index (χ1) is 27.1. The van der Waals surface area contributed by atoms with E-state index in [2.05, 4.69) is 208 Å². The van der Waals surface area contributed by atoms with E-state index in [1.807, 2.05) is 0 Å². The lowest BCUT2D eigenvalue weighted by atomic mass is 9.79. The smallest absolute Gasteiger partial charge is 0.0159 e. The maximum absolute atomic E-state index is 2.52. The quantitative estimate of drug-likeness (QED) is 0.161. The van der Waals surface area contributed by atoms with Crippen molar-refractivity contribution in [2.45, 2.75) is 19.3 Å². The van der Waals surface area contributed by atoms with Crippen LogP contribution >= 0.6 is 0 Å². The van der Waals surface area contributed by atoms with Crippen molar-refractivity contribution < 1.29 is 0 Å². The predicted molar refractivity (Wildman–Crippen MR) is 236 cm³/mol. The molecule has 10 aromatic rings. The topological polar surface area (TPSA) is 0 Å². The zero-order valence-corrected chi connectivity index (χ0v) is 31.0. The van der Waals surface area contributed by atoms with Gasteiger partial charge in [0.15, 0.2) is 0 Å². The first-order valence-electron chi connectivity index (χ1n) is 19.4. The van der Waals surface area contributed by atoms with Gasteiger partial charge in [0.25, 0.3) is 0 Å². The van der Waals surface area contributed by atoms with Crippen molar-refractivity contribution in [3.8, 4) is 55.6 Å². The highest BCUT2D eigenvalue weighted by atomic mass is 14.4. The van der Waals surface area contributed by atoms with Gasteiger partial charge in [-0.25, -0.2) is 0 Å². The minimum absolute atomic E-state index is 0.111. The van der Waals surface area contributed by atoms with E-state index in [0.29, 0.717) is 0 Å². The lowest BCUT2D eigenvalue weighted by molar-refractivity contribution is 0.661. The van der Waals surface area contributed by atoms with Crippen molar-refractivity contribution >= 4 is 43.1 Å². The van der Waals surface area contributed by atoms with E-state index in [4.69, 9.17) is 0 Å². The van der Waals surface area contributed by atoms with Crippen LogP contribution in [-0.2, 0) is 5.41 Å². The summed E-state index contributed by atoms with van der Waals surface area (Å²) in [5.74, 6) is 0. The molecule has 0 N–H and O–H groups in total. The molecule has 0 radical (unpaired) electrons. The van der Waals surface area contributed by atoms with Crippen LogP contribution in [0, 0.1) is 0 Å². The van der Waals surface area contributed by atoms with Gasteiger partial charge in [-0.15, -0.1) is 0 Å². The Bertz CT molecular complexity index is 3090. The SMILES string of the molecule is CC1(C)c2ccccc2-c2c1cc(-c1c3ccccc3c(-c3ccc4cc(-c5ccccc5)c(-c5ccccc5)cc4c3)c3ccccc13)c1ccccc21. The van der Waals surface area contributed by atoms with Crippen LogP contribution in [0.25, 0.3) is 98.7 Å². The third-order valence-electron chi connectivity index (χ3n) is 12.2. The van der Waals surface area contributed by atoms with E-state index in [-0.39, 0.29) is 5.41 Å². The molecule has 0 heterocycles. The molecule has 11 rings (SSSR count). The van der Waals surface area contributed by atoms with E-state index in [9.17, 15) is 0 Å². The third kappa shape index (κ3) is 4.78. The zero-order chi connectivity index (χ0) is 36.7. The summed E-state index contributed by atoms with van der Waals surface area (Å²) < 4.78 is 0. The Morgan fingerprint density at radius 1 is 0.273 bits per heavy atom. The maximum Gasteiger partial charge on any atom is 0.0159 e. The van der Waals surface area contributed by atoms with Gasteiger partial charge in [0.1, 0.15) is 0 Å². The fraction of sp³-hybridized carbons (Fsp3) is 0.0545. The van der Waals surface area contributed by atoms with Gasteiger partial charge >= 0.3 is 0 Å². The third-order valence-corrected chi connectivity index (χ3v) is 12.2. The van der Waals surface area contributed by atoms with Gasteiger partial charge < -0.3 is 0 Å². The van der Waals surface area contributed by atoms with Crippen molar-refractivity contribution in [3.63, 3.8) is 0 Å². The predicted octanol–water partition coefficient (Wildman–Crippen LogP) is 15.3. The number of hydrogen-bond donors (Lipinski definition) is 0. The molecule has 10 aromatic carbocycles. The van der Waals surface area contributed by atoms with Crippen LogP contribution in [0.15, 0.2) is 194 Å². The van der Waals surface area contributed by atoms with Gasteiger partial charge in [0.2, 0.25) is 0 Å². The van der Waals surface area contributed by atoms with Gasteiger partial charge in [-0.1, -0.05) is 184 Å². The van der Waals surface area contributed by atoms with Crippen molar-refractivity contribution in [2.75, 3.05) is 0 Å². The van der Waals surface area contributed by atoms with Crippen molar-refractivity contribution in [1.82, 2.24) is 0 Å². The number of rotatable bonds is 4. The van der Waals surface area contributed by atoms with Gasteiger partial charge in [-0.2, -0.15) is 0 Å². The Kier molecular flexibility index (Phi) is 7.00. The molecule has 1 aliphatic carbocycles. The molecule has 55 heavy (non-hydrogen) atoms. The maximum atomic E-state index is 2.52. The summed E-state index contributed by atoms with van der Waals surface area (Å²) in [6, 6.07) is 72.1. The second-order valence-electron chi connectivity index (χ2n) is 15.6. The summed E-state index contributed by atoms with van der Waals surface area (Å²) in [6.45, 7) is 4.78. The van der Waals surface area contributed by atoms with E-state index < -0.39 is 0 Å². The Labute approximate surface area is 322 Å². The van der Waals surface area contributed by atoms with Crippen molar-refractivity contribution in [2.24, 2.45) is 0 Å². The molecule has 0 saturated heterocycles. The molecule has 0 heteroatoms. The first kappa shape index (κ1) is 31.7. The highest BCUT2D eigenvalue weighted by Gasteiger charge is 2.37. The van der Waals surface area contributed by atoms with Crippen LogP contribution in [-0.4, -0.2) is 0 Å². The van der Waals surface area contributed by atoms with Crippen LogP contribution in [0.5, 0.6) is 0 Å². The molecule has 0 amide bonds. The molecule has 0 bridgehead atoms. The monoisotopic (exact) mass is 698 g/mol. The molecule has 0 spiro atoms. The van der Waals surface area contributed by atoms with Crippen molar-refractivity contribution in [3.05, 3.63) is 205 Å². The molecule has 0 nitrogen and oxygen atoms in total. The van der Waals surface area contributed by atoms with Crippen LogP contribution in [0.2, 0.25) is 0 Å². The fourth-order valence-electron chi connectivity index (χ4n) is 9.65. The summed E-state index contributed by atoms with van der Waals surface area (Å²) in [5, 5.41) is 10.2. The van der Waals surface area contributed by atoms with Crippen LogP contribution in [0.1, 0.15) is 25.0 Å². The number of fused-ring (bicyclic) bond motifs is 8. The molecule has 1 aliphatic rings. The molecular weight excluding hydrogens is 661 g/mol. The molecule has 0 fully saturated rings. The molecule has 0 unspecified atom stereocenters.